The maximum atomic E-state index is 13.5. The van der Waals surface area contributed by atoms with Crippen LogP contribution >= 0.6 is 0 Å². The zero-order chi connectivity index (χ0) is 27.9. The molecule has 2 saturated carbocycles. The van der Waals surface area contributed by atoms with Gasteiger partial charge in [-0.15, -0.1) is 0 Å². The fourth-order valence-electron chi connectivity index (χ4n) is 5.52. The van der Waals surface area contributed by atoms with Crippen LogP contribution in [0.3, 0.4) is 0 Å². The van der Waals surface area contributed by atoms with E-state index in [2.05, 4.69) is 21.1 Å². The standard InChI is InChI=1S/C29H43FIN4O4/c1-18-27(36)33-24(17-20-10-14-23(30)15-11-20)28(37)32-16-6-8-21-7-4-5-9-25(21)39-19(2)31-34-26(22-12-13-22)29(38)35(18)3/h10-11,14-15,18-19,21-22,24-26,34H,4-9,12-13,16-17H2,1-3H3,(H,32,37)(H,33,36)/q-1/t18-,19-,21?,24-,25?,26+/m1/s1. The number of halogens is 2. The van der Waals surface area contributed by atoms with Crippen molar-refractivity contribution >= 4 is 17.7 Å². The molecule has 3 aliphatic rings. The molecule has 1 aliphatic heterocycles. The molecule has 0 spiro atoms. The van der Waals surface area contributed by atoms with Crippen LogP contribution in [0.25, 0.3) is 0 Å². The Morgan fingerprint density at radius 1 is 0.949 bits per heavy atom. The Bertz CT molecular complexity index is 992. The van der Waals surface area contributed by atoms with Gasteiger partial charge in [-0.1, -0.05) is 0 Å². The molecule has 0 bridgehead atoms. The maximum absolute atomic E-state index is 13.5. The summed E-state index contributed by atoms with van der Waals surface area (Å²) in [4.78, 5) is 41.5. The van der Waals surface area contributed by atoms with Gasteiger partial charge in [-0.3, -0.25) is 0 Å². The zero-order valence-electron chi connectivity index (χ0n) is 23.3. The molecule has 2 unspecified atom stereocenters. The number of alkyl halides is 1. The molecule has 4 rings (SSSR count). The number of fused-ring (bicyclic) bond motifs is 1. The van der Waals surface area contributed by atoms with Crippen molar-refractivity contribution in [1.82, 2.24) is 19.1 Å². The van der Waals surface area contributed by atoms with Gasteiger partial charge in [0.1, 0.15) is 5.82 Å². The first-order chi connectivity index (χ1) is 18.7. The van der Waals surface area contributed by atoms with E-state index in [4.69, 9.17) is 4.74 Å². The van der Waals surface area contributed by atoms with E-state index in [1.807, 2.05) is 0 Å². The first-order valence-corrected chi connectivity index (χ1v) is 16.7. The molecule has 39 heavy (non-hydrogen) atoms. The average Bonchev–Trinajstić information content (AvgIpc) is 3.76. The molecule has 3 N–H and O–H groups in total. The Morgan fingerprint density at radius 2 is 1.64 bits per heavy atom. The van der Waals surface area contributed by atoms with Gasteiger partial charge in [-0.25, -0.2) is 4.39 Å². The van der Waals surface area contributed by atoms with Crippen molar-refractivity contribution in [3.05, 3.63) is 35.6 Å². The molecule has 10 heteroatoms. The van der Waals surface area contributed by atoms with Crippen molar-refractivity contribution in [2.75, 3.05) is 13.6 Å². The van der Waals surface area contributed by atoms with Gasteiger partial charge in [0.2, 0.25) is 0 Å². The number of carbonyl (C=O) groups is 3. The van der Waals surface area contributed by atoms with Crippen LogP contribution in [-0.2, 0) is 25.5 Å². The number of benzene rings is 1. The van der Waals surface area contributed by atoms with Crippen molar-refractivity contribution in [3.63, 3.8) is 0 Å². The third kappa shape index (κ3) is 8.60. The van der Waals surface area contributed by atoms with Gasteiger partial charge in [0.25, 0.3) is 0 Å². The van der Waals surface area contributed by atoms with E-state index >= 15 is 0 Å². The van der Waals surface area contributed by atoms with Crippen molar-refractivity contribution in [1.29, 1.82) is 0 Å². The molecule has 6 atom stereocenters. The molecule has 3 amide bonds. The number of hydrogen-bond acceptors (Lipinski definition) is 5. The van der Waals surface area contributed by atoms with E-state index in [1.54, 1.807) is 26.1 Å². The zero-order valence-corrected chi connectivity index (χ0v) is 25.4. The van der Waals surface area contributed by atoms with Gasteiger partial charge in [-0.2, -0.15) is 0 Å². The van der Waals surface area contributed by atoms with Gasteiger partial charge >= 0.3 is 233 Å². The van der Waals surface area contributed by atoms with Crippen molar-refractivity contribution in [3.8, 4) is 0 Å². The van der Waals surface area contributed by atoms with Crippen molar-refractivity contribution < 1.29 is 45.0 Å². The van der Waals surface area contributed by atoms with Crippen molar-refractivity contribution in [2.24, 2.45) is 11.8 Å². The number of carbonyl (C=O) groups excluding carboxylic acids is 3. The molecule has 1 aromatic rings. The van der Waals surface area contributed by atoms with Crippen LogP contribution in [-0.4, -0.2) is 64.6 Å². The Morgan fingerprint density at radius 3 is 2.36 bits per heavy atom. The first-order valence-electron chi connectivity index (χ1n) is 14.4. The summed E-state index contributed by atoms with van der Waals surface area (Å²) in [5.74, 6) is -0.368. The van der Waals surface area contributed by atoms with Crippen LogP contribution in [0.4, 0.5) is 4.39 Å². The predicted octanol–water partition coefficient (Wildman–Crippen LogP) is -0.0965. The quantitative estimate of drug-likeness (QED) is 0.240. The summed E-state index contributed by atoms with van der Waals surface area (Å²) >= 11 is -0.571. The molecular formula is C29H43FIN4O4-. The summed E-state index contributed by atoms with van der Waals surface area (Å²) in [6, 6.07) is 4.05. The molecule has 2 aliphatic carbocycles. The van der Waals surface area contributed by atoms with Gasteiger partial charge in [0, 0.05) is 0 Å². The molecule has 3 fully saturated rings. The fraction of sp³-hybridized carbons (Fsp3) is 0.690. The molecule has 0 radical (unpaired) electrons. The number of ether oxygens (including phenoxy) is 1. The summed E-state index contributed by atoms with van der Waals surface area (Å²) in [7, 11) is 1.65. The number of nitrogens with one attached hydrogen (secondary N) is 3. The number of rotatable bonds is 3. The van der Waals surface area contributed by atoms with E-state index in [0.717, 1.165) is 44.1 Å². The van der Waals surface area contributed by atoms with E-state index in [-0.39, 0.29) is 52.1 Å². The normalized spacial score (nSPS) is 32.6. The van der Waals surface area contributed by atoms with Gasteiger partial charge < -0.3 is 0 Å². The average molecular weight is 658 g/mol. The second kappa shape index (κ2) is 14.2. The van der Waals surface area contributed by atoms with E-state index in [0.29, 0.717) is 12.5 Å². The number of amides is 3. The summed E-state index contributed by atoms with van der Waals surface area (Å²) in [5, 5.41) is 5.88. The number of likely N-dealkylation sites (N-methyl/N-ethyl adjacent to an activating group) is 1. The first kappa shape index (κ1) is 30.2. The summed E-state index contributed by atoms with van der Waals surface area (Å²) in [5.41, 5.74) is 0.745. The van der Waals surface area contributed by atoms with Gasteiger partial charge in [0.05, 0.1) is 0 Å². The van der Waals surface area contributed by atoms with Crippen LogP contribution in [0.15, 0.2) is 24.3 Å². The Kier molecular flexibility index (Phi) is 11.0. The molecule has 218 valence electrons. The van der Waals surface area contributed by atoms with Gasteiger partial charge in [-0.05, 0) is 0 Å². The minimum absolute atomic E-state index is 0.0836. The Hall–Kier alpha value is -1.79. The van der Waals surface area contributed by atoms with E-state index in [9.17, 15) is 18.8 Å². The number of nitrogens with zero attached hydrogens (tertiary/aromatic N) is 1. The predicted molar refractivity (Wildman–Crippen MR) is 142 cm³/mol. The molecular weight excluding hydrogens is 614 g/mol. The van der Waals surface area contributed by atoms with Crippen LogP contribution in [0, 0.1) is 17.7 Å². The Balaban J connectivity index is 1.52. The molecule has 1 saturated heterocycles. The van der Waals surface area contributed by atoms with Crippen LogP contribution in [0.2, 0.25) is 0 Å². The van der Waals surface area contributed by atoms with Crippen LogP contribution < -0.4 is 35.6 Å². The van der Waals surface area contributed by atoms with Crippen molar-refractivity contribution in [2.45, 2.75) is 100.0 Å². The Labute approximate surface area is 242 Å². The molecule has 1 heterocycles. The monoisotopic (exact) mass is 657 g/mol. The van der Waals surface area contributed by atoms with Gasteiger partial charge in [0.15, 0.2) is 0 Å². The van der Waals surface area contributed by atoms with E-state index in [1.165, 1.54) is 29.9 Å². The molecule has 0 aromatic heterocycles. The molecule has 8 nitrogen and oxygen atoms in total. The topological polar surface area (TPSA) is 99.8 Å². The number of hydrogen-bond donors (Lipinski definition) is 3. The fourth-order valence-corrected chi connectivity index (χ4v) is 7.71. The third-order valence-electron chi connectivity index (χ3n) is 8.24. The minimum atomic E-state index is -0.831. The summed E-state index contributed by atoms with van der Waals surface area (Å²) in [6.07, 6.45) is 8.83. The summed E-state index contributed by atoms with van der Waals surface area (Å²) in [6.45, 7) is 4.31. The SMILES string of the molecule is C[C@@H]1C(=O)N[C@H](Cc2ccc(F)cc2)C(=O)NCCCC2CCCCC2O[C@H](C)[I-]N[C@@H](C2CC2)C(=O)N1C. The van der Waals surface area contributed by atoms with Crippen LogP contribution in [0.5, 0.6) is 0 Å². The van der Waals surface area contributed by atoms with E-state index < -0.39 is 33.6 Å². The van der Waals surface area contributed by atoms with Crippen LogP contribution in [0.1, 0.15) is 70.8 Å². The third-order valence-corrected chi connectivity index (χ3v) is 10.4. The second-order valence-corrected chi connectivity index (χ2v) is 14.2. The summed E-state index contributed by atoms with van der Waals surface area (Å²) < 4.78 is 23.7. The molecule has 1 aromatic carbocycles. The second-order valence-electron chi connectivity index (χ2n) is 11.2.